The van der Waals surface area contributed by atoms with Gasteiger partial charge in [-0.3, -0.25) is 14.4 Å². The maximum Gasteiger partial charge on any atom is 0.260 e. The monoisotopic (exact) mass is 317 g/mol. The lowest BCUT2D eigenvalue weighted by Crippen LogP contribution is -2.22. The molecule has 0 atom stereocenters. The summed E-state index contributed by atoms with van der Waals surface area (Å²) in [6, 6.07) is 13.4. The van der Waals surface area contributed by atoms with E-state index >= 15 is 0 Å². The molecule has 3 aromatic rings. The highest BCUT2D eigenvalue weighted by Gasteiger charge is 2.29. The van der Waals surface area contributed by atoms with Crippen molar-refractivity contribution in [2.24, 2.45) is 0 Å². The molecule has 1 aromatic heterocycles. The van der Waals surface area contributed by atoms with Gasteiger partial charge in [0.05, 0.1) is 11.1 Å². The van der Waals surface area contributed by atoms with Gasteiger partial charge in [-0.2, -0.15) is 0 Å². The summed E-state index contributed by atoms with van der Waals surface area (Å²) in [6.45, 7) is 0. The van der Waals surface area contributed by atoms with Gasteiger partial charge in [0.1, 0.15) is 5.75 Å². The Bertz CT molecular complexity index is 1120. The van der Waals surface area contributed by atoms with Gasteiger partial charge in [-0.05, 0) is 23.8 Å². The molecule has 0 fully saturated rings. The summed E-state index contributed by atoms with van der Waals surface area (Å²) in [4.78, 5) is 39.2. The van der Waals surface area contributed by atoms with Gasteiger partial charge in [0.25, 0.3) is 5.56 Å². The quantitative estimate of drug-likeness (QED) is 0.675. The zero-order chi connectivity index (χ0) is 16.8. The lowest BCUT2D eigenvalue weighted by Gasteiger charge is -2.17. The molecule has 0 bridgehead atoms. The van der Waals surface area contributed by atoms with Crippen molar-refractivity contribution in [2.45, 2.75) is 0 Å². The Hall–Kier alpha value is -3.47. The third-order valence-corrected chi connectivity index (χ3v) is 4.12. The Kier molecular flexibility index (Phi) is 2.96. The SMILES string of the molecule is O=C1C=C(c2c(O)c3ccccc3[nH]c2=O)c2ccccc2C1=O. The molecule has 4 rings (SSSR count). The first kappa shape index (κ1) is 14.1. The number of aromatic hydroxyl groups is 1. The Labute approximate surface area is 135 Å². The number of allylic oxidation sites excluding steroid dienone is 1. The van der Waals surface area contributed by atoms with E-state index in [0.717, 1.165) is 6.08 Å². The number of ketones is 2. The predicted molar refractivity (Wildman–Crippen MR) is 89.1 cm³/mol. The first-order valence-electron chi connectivity index (χ1n) is 7.32. The van der Waals surface area contributed by atoms with Crippen molar-refractivity contribution >= 4 is 28.0 Å². The minimum absolute atomic E-state index is 0.0120. The second-order valence-electron chi connectivity index (χ2n) is 5.52. The third-order valence-electron chi connectivity index (χ3n) is 4.12. The summed E-state index contributed by atoms with van der Waals surface area (Å²) in [6.07, 6.45) is 1.11. The van der Waals surface area contributed by atoms with E-state index in [4.69, 9.17) is 0 Å². The highest BCUT2D eigenvalue weighted by atomic mass is 16.3. The second-order valence-corrected chi connectivity index (χ2v) is 5.52. The molecule has 1 aliphatic carbocycles. The number of benzene rings is 2. The van der Waals surface area contributed by atoms with Crippen LogP contribution in [-0.4, -0.2) is 21.7 Å². The smallest absolute Gasteiger partial charge is 0.260 e. The molecule has 2 aromatic carbocycles. The molecule has 1 aliphatic rings. The molecule has 24 heavy (non-hydrogen) atoms. The van der Waals surface area contributed by atoms with Crippen molar-refractivity contribution in [1.82, 2.24) is 4.98 Å². The molecule has 5 heteroatoms. The topological polar surface area (TPSA) is 87.2 Å². The first-order chi connectivity index (χ1) is 11.6. The lowest BCUT2D eigenvalue weighted by atomic mass is 9.85. The number of nitrogens with one attached hydrogen (secondary N) is 1. The van der Waals surface area contributed by atoms with Gasteiger partial charge in [0.2, 0.25) is 11.6 Å². The number of fused-ring (bicyclic) bond motifs is 2. The van der Waals surface area contributed by atoms with E-state index in [2.05, 4.69) is 4.98 Å². The molecule has 1 heterocycles. The number of rotatable bonds is 1. The van der Waals surface area contributed by atoms with Gasteiger partial charge < -0.3 is 10.1 Å². The first-order valence-corrected chi connectivity index (χ1v) is 7.32. The van der Waals surface area contributed by atoms with E-state index in [0.29, 0.717) is 16.5 Å². The average Bonchev–Trinajstić information content (AvgIpc) is 2.59. The summed E-state index contributed by atoms with van der Waals surface area (Å²) in [5.41, 5.74) is 0.900. The van der Waals surface area contributed by atoms with E-state index in [1.54, 1.807) is 42.5 Å². The van der Waals surface area contributed by atoms with Crippen LogP contribution < -0.4 is 5.56 Å². The number of H-pyrrole nitrogens is 1. The maximum absolute atomic E-state index is 12.5. The Morgan fingerprint density at radius 1 is 0.833 bits per heavy atom. The van der Waals surface area contributed by atoms with Gasteiger partial charge in [0.15, 0.2) is 0 Å². The molecule has 0 amide bonds. The number of hydrogen-bond donors (Lipinski definition) is 2. The number of hydrogen-bond acceptors (Lipinski definition) is 4. The fourth-order valence-corrected chi connectivity index (χ4v) is 3.01. The van der Waals surface area contributed by atoms with Crippen LogP contribution in [-0.2, 0) is 4.79 Å². The highest BCUT2D eigenvalue weighted by molar-refractivity contribution is 6.51. The number of Topliss-reactive ketones (excluding diaryl/α,β-unsaturated/α-hetero) is 1. The van der Waals surface area contributed by atoms with Crippen molar-refractivity contribution in [2.75, 3.05) is 0 Å². The number of carbonyl (C=O) groups is 2. The molecule has 0 unspecified atom stereocenters. The van der Waals surface area contributed by atoms with Crippen molar-refractivity contribution in [3.63, 3.8) is 0 Å². The molecular formula is C19H11NO4. The van der Waals surface area contributed by atoms with Crippen LogP contribution in [0.4, 0.5) is 0 Å². The number of pyridine rings is 1. The van der Waals surface area contributed by atoms with Crippen LogP contribution in [0.3, 0.4) is 0 Å². The standard InChI is InChI=1S/C19H11NO4/c21-15-9-13(10-5-1-2-6-11(10)17(15)22)16-18(23)12-7-3-4-8-14(12)20-19(16)24/h1-9H,(H2,20,23,24). The van der Waals surface area contributed by atoms with Gasteiger partial charge >= 0.3 is 0 Å². The van der Waals surface area contributed by atoms with Crippen molar-refractivity contribution in [1.29, 1.82) is 0 Å². The number of aromatic amines is 1. The van der Waals surface area contributed by atoms with Crippen molar-refractivity contribution < 1.29 is 14.7 Å². The zero-order valence-corrected chi connectivity index (χ0v) is 12.4. The summed E-state index contributed by atoms with van der Waals surface area (Å²) in [5.74, 6) is -1.54. The largest absolute Gasteiger partial charge is 0.506 e. The Morgan fingerprint density at radius 3 is 2.29 bits per heavy atom. The number of para-hydroxylation sites is 1. The molecular weight excluding hydrogens is 306 g/mol. The molecule has 0 saturated heterocycles. The van der Waals surface area contributed by atoms with E-state index < -0.39 is 17.1 Å². The van der Waals surface area contributed by atoms with Crippen LogP contribution in [0.1, 0.15) is 21.5 Å². The number of aromatic nitrogens is 1. The normalized spacial score (nSPS) is 13.8. The van der Waals surface area contributed by atoms with Crippen molar-refractivity contribution in [3.05, 3.63) is 81.7 Å². The van der Waals surface area contributed by atoms with E-state index in [1.807, 2.05) is 0 Å². The lowest BCUT2D eigenvalue weighted by molar-refractivity contribution is -0.111. The molecule has 0 spiro atoms. The van der Waals surface area contributed by atoms with Gasteiger partial charge in [-0.25, -0.2) is 0 Å². The van der Waals surface area contributed by atoms with Gasteiger partial charge in [-0.15, -0.1) is 0 Å². The minimum atomic E-state index is -0.712. The summed E-state index contributed by atoms with van der Waals surface area (Å²) < 4.78 is 0. The molecule has 5 nitrogen and oxygen atoms in total. The predicted octanol–water partition coefficient (Wildman–Crippen LogP) is 2.43. The highest BCUT2D eigenvalue weighted by Crippen LogP contribution is 2.35. The minimum Gasteiger partial charge on any atom is -0.506 e. The van der Waals surface area contributed by atoms with Crippen molar-refractivity contribution in [3.8, 4) is 5.75 Å². The Morgan fingerprint density at radius 2 is 1.50 bits per heavy atom. The molecule has 0 aliphatic heterocycles. The van der Waals surface area contributed by atoms with Gasteiger partial charge in [-0.1, -0.05) is 36.4 Å². The summed E-state index contributed by atoms with van der Waals surface area (Å²) >= 11 is 0. The Balaban J connectivity index is 2.08. The fourth-order valence-electron chi connectivity index (χ4n) is 3.01. The molecule has 2 N–H and O–H groups in total. The van der Waals surface area contributed by atoms with E-state index in [1.165, 1.54) is 6.07 Å². The van der Waals surface area contributed by atoms with Crippen LogP contribution in [0.15, 0.2) is 59.4 Å². The molecule has 0 radical (unpaired) electrons. The van der Waals surface area contributed by atoms with E-state index in [-0.39, 0.29) is 22.4 Å². The van der Waals surface area contributed by atoms with Gasteiger partial charge in [0, 0.05) is 16.5 Å². The van der Waals surface area contributed by atoms with Crippen LogP contribution in [0.25, 0.3) is 16.5 Å². The molecule has 116 valence electrons. The van der Waals surface area contributed by atoms with Crippen LogP contribution in [0.2, 0.25) is 0 Å². The third kappa shape index (κ3) is 1.91. The fraction of sp³-hybridized carbons (Fsp3) is 0. The molecule has 0 saturated carbocycles. The zero-order valence-electron chi connectivity index (χ0n) is 12.4. The average molecular weight is 317 g/mol. The summed E-state index contributed by atoms with van der Waals surface area (Å²) in [7, 11) is 0. The number of carbonyl (C=O) groups excluding carboxylic acids is 2. The van der Waals surface area contributed by atoms with E-state index in [9.17, 15) is 19.5 Å². The van der Waals surface area contributed by atoms with Crippen LogP contribution in [0, 0.1) is 0 Å². The van der Waals surface area contributed by atoms with Crippen LogP contribution >= 0.6 is 0 Å². The summed E-state index contributed by atoms with van der Waals surface area (Å²) in [5, 5.41) is 11.1. The second kappa shape index (κ2) is 5.03. The maximum atomic E-state index is 12.5. The van der Waals surface area contributed by atoms with Crippen LogP contribution in [0.5, 0.6) is 5.75 Å².